The van der Waals surface area contributed by atoms with Gasteiger partial charge in [-0.2, -0.15) is 0 Å². The number of aromatic nitrogens is 2. The van der Waals surface area contributed by atoms with Crippen LogP contribution in [0.4, 0.5) is 0 Å². The predicted octanol–water partition coefficient (Wildman–Crippen LogP) is 4.35. The van der Waals surface area contributed by atoms with Gasteiger partial charge in [-0.15, -0.1) is 11.6 Å². The van der Waals surface area contributed by atoms with E-state index in [1.54, 1.807) is 6.20 Å². The van der Waals surface area contributed by atoms with Gasteiger partial charge in [-0.25, -0.2) is 4.98 Å². The van der Waals surface area contributed by atoms with Crippen molar-refractivity contribution in [3.63, 3.8) is 0 Å². The van der Waals surface area contributed by atoms with Crippen LogP contribution >= 0.6 is 11.6 Å². The van der Waals surface area contributed by atoms with Gasteiger partial charge in [0, 0.05) is 18.9 Å². The Labute approximate surface area is 136 Å². The lowest BCUT2D eigenvalue weighted by Gasteiger charge is -2.28. The number of imidazole rings is 1. The first-order chi connectivity index (χ1) is 10.7. The monoisotopic (exact) mass is 310 g/mol. The summed E-state index contributed by atoms with van der Waals surface area (Å²) in [6.07, 6.45) is 7.23. The fraction of sp³-hybridized carbons (Fsp3) is 0.211. The van der Waals surface area contributed by atoms with E-state index in [1.165, 1.54) is 11.1 Å². The fourth-order valence-corrected chi connectivity index (χ4v) is 3.25. The summed E-state index contributed by atoms with van der Waals surface area (Å²) in [5.74, 6) is 0. The maximum absolute atomic E-state index is 7.05. The second-order valence-corrected chi connectivity index (χ2v) is 6.51. The average Bonchev–Trinajstić information content (AvgIpc) is 3.01. The van der Waals surface area contributed by atoms with E-state index in [9.17, 15) is 0 Å². The van der Waals surface area contributed by atoms with Crippen molar-refractivity contribution in [1.29, 1.82) is 0 Å². The summed E-state index contributed by atoms with van der Waals surface area (Å²) in [6, 6.07) is 20.9. The van der Waals surface area contributed by atoms with E-state index >= 15 is 0 Å². The number of halogens is 1. The van der Waals surface area contributed by atoms with Crippen molar-refractivity contribution in [2.75, 3.05) is 0 Å². The number of benzene rings is 2. The molecular weight excluding hydrogens is 292 g/mol. The first kappa shape index (κ1) is 14.9. The molecular formula is C19H19ClN2. The highest BCUT2D eigenvalue weighted by atomic mass is 35.5. The Morgan fingerprint density at radius 2 is 1.41 bits per heavy atom. The summed E-state index contributed by atoms with van der Waals surface area (Å²) in [5, 5.41) is 0. The standard InChI is InChI=1S/C19H19ClN2/c20-19(15-22-12-11-21-16-22,13-17-7-3-1-4-8-17)14-18-9-5-2-6-10-18/h1-12,16H,13-15H2. The summed E-state index contributed by atoms with van der Waals surface area (Å²) in [4.78, 5) is 3.75. The molecule has 3 aromatic rings. The quantitative estimate of drug-likeness (QED) is 0.619. The Hall–Kier alpha value is -2.06. The third-order valence-electron chi connectivity index (χ3n) is 3.75. The van der Waals surface area contributed by atoms with Gasteiger partial charge in [0.05, 0.1) is 11.2 Å². The zero-order valence-corrected chi connectivity index (χ0v) is 13.2. The van der Waals surface area contributed by atoms with Crippen LogP contribution in [0, 0.1) is 0 Å². The lowest BCUT2D eigenvalue weighted by molar-refractivity contribution is 0.475. The van der Waals surface area contributed by atoms with Gasteiger partial charge in [0.15, 0.2) is 0 Å². The second-order valence-electron chi connectivity index (χ2n) is 5.71. The van der Waals surface area contributed by atoms with Crippen molar-refractivity contribution >= 4 is 11.6 Å². The summed E-state index contributed by atoms with van der Waals surface area (Å²) < 4.78 is 2.05. The Morgan fingerprint density at radius 3 is 1.86 bits per heavy atom. The third kappa shape index (κ3) is 3.99. The number of alkyl halides is 1. The highest BCUT2D eigenvalue weighted by molar-refractivity contribution is 6.24. The lowest BCUT2D eigenvalue weighted by atomic mass is 9.91. The molecule has 0 radical (unpaired) electrons. The zero-order valence-electron chi connectivity index (χ0n) is 12.4. The number of hydrogen-bond acceptors (Lipinski definition) is 1. The molecule has 0 bridgehead atoms. The van der Waals surface area contributed by atoms with Gasteiger partial charge in [0.25, 0.3) is 0 Å². The lowest BCUT2D eigenvalue weighted by Crippen LogP contribution is -2.33. The van der Waals surface area contributed by atoms with Crippen LogP contribution in [0.3, 0.4) is 0 Å². The van der Waals surface area contributed by atoms with Crippen molar-refractivity contribution in [3.05, 3.63) is 90.5 Å². The molecule has 2 aromatic carbocycles. The molecule has 1 heterocycles. The molecule has 0 aliphatic carbocycles. The third-order valence-corrected chi connectivity index (χ3v) is 4.14. The molecule has 0 spiro atoms. The second kappa shape index (κ2) is 6.80. The van der Waals surface area contributed by atoms with E-state index in [2.05, 4.69) is 58.1 Å². The zero-order chi connectivity index (χ0) is 15.3. The van der Waals surface area contributed by atoms with Gasteiger partial charge < -0.3 is 4.57 Å². The van der Waals surface area contributed by atoms with E-state index in [0.717, 1.165) is 19.4 Å². The van der Waals surface area contributed by atoms with E-state index in [0.29, 0.717) is 0 Å². The van der Waals surface area contributed by atoms with Gasteiger partial charge in [-0.1, -0.05) is 60.7 Å². The molecule has 3 heteroatoms. The van der Waals surface area contributed by atoms with Crippen LogP contribution in [0.15, 0.2) is 79.4 Å². The van der Waals surface area contributed by atoms with Crippen LogP contribution in [0.25, 0.3) is 0 Å². The molecule has 2 nitrogen and oxygen atoms in total. The molecule has 0 N–H and O–H groups in total. The smallest absolute Gasteiger partial charge is 0.0946 e. The largest absolute Gasteiger partial charge is 0.336 e. The number of nitrogens with zero attached hydrogens (tertiary/aromatic N) is 2. The molecule has 112 valence electrons. The molecule has 0 atom stereocenters. The van der Waals surface area contributed by atoms with Gasteiger partial charge in [-0.3, -0.25) is 0 Å². The molecule has 0 saturated heterocycles. The first-order valence-corrected chi connectivity index (χ1v) is 7.84. The van der Waals surface area contributed by atoms with Crippen molar-refractivity contribution in [3.8, 4) is 0 Å². The normalized spacial score (nSPS) is 11.5. The minimum atomic E-state index is -0.372. The minimum Gasteiger partial charge on any atom is -0.336 e. The summed E-state index contributed by atoms with van der Waals surface area (Å²) in [7, 11) is 0. The Bertz CT molecular complexity index is 636. The van der Waals surface area contributed by atoms with Gasteiger partial charge >= 0.3 is 0 Å². The summed E-state index contributed by atoms with van der Waals surface area (Å²) in [5.41, 5.74) is 2.52. The van der Waals surface area contributed by atoms with Gasteiger partial charge in [0.1, 0.15) is 0 Å². The van der Waals surface area contributed by atoms with Crippen molar-refractivity contribution in [1.82, 2.24) is 9.55 Å². The minimum absolute atomic E-state index is 0.372. The van der Waals surface area contributed by atoms with Crippen LogP contribution in [0.2, 0.25) is 0 Å². The van der Waals surface area contributed by atoms with Crippen molar-refractivity contribution in [2.24, 2.45) is 0 Å². The summed E-state index contributed by atoms with van der Waals surface area (Å²) >= 11 is 7.05. The molecule has 3 rings (SSSR count). The molecule has 0 unspecified atom stereocenters. The molecule has 0 amide bonds. The van der Waals surface area contributed by atoms with Crippen LogP contribution in [0.5, 0.6) is 0 Å². The molecule has 22 heavy (non-hydrogen) atoms. The summed E-state index contributed by atoms with van der Waals surface area (Å²) in [6.45, 7) is 0.734. The van der Waals surface area contributed by atoms with Gasteiger partial charge in [0.2, 0.25) is 0 Å². The molecule has 1 aromatic heterocycles. The van der Waals surface area contributed by atoms with E-state index in [4.69, 9.17) is 11.6 Å². The Balaban J connectivity index is 1.84. The maximum Gasteiger partial charge on any atom is 0.0946 e. The number of rotatable bonds is 6. The predicted molar refractivity (Wildman–Crippen MR) is 91.1 cm³/mol. The fourth-order valence-electron chi connectivity index (χ4n) is 2.81. The van der Waals surface area contributed by atoms with Crippen LogP contribution in [-0.2, 0) is 19.4 Å². The molecule has 0 aliphatic heterocycles. The Morgan fingerprint density at radius 1 is 0.864 bits per heavy atom. The molecule has 0 fully saturated rings. The van der Waals surface area contributed by atoms with E-state index in [1.807, 2.05) is 24.7 Å². The van der Waals surface area contributed by atoms with E-state index < -0.39 is 0 Å². The Kier molecular flexibility index (Phi) is 4.59. The topological polar surface area (TPSA) is 17.8 Å². The SMILES string of the molecule is ClC(Cc1ccccc1)(Cc1ccccc1)Cn1ccnc1. The van der Waals surface area contributed by atoms with Crippen molar-refractivity contribution in [2.45, 2.75) is 24.3 Å². The average molecular weight is 311 g/mol. The molecule has 0 saturated carbocycles. The first-order valence-electron chi connectivity index (χ1n) is 7.46. The van der Waals surface area contributed by atoms with Crippen LogP contribution < -0.4 is 0 Å². The van der Waals surface area contributed by atoms with E-state index in [-0.39, 0.29) is 4.87 Å². The van der Waals surface area contributed by atoms with Gasteiger partial charge in [-0.05, 0) is 24.0 Å². The van der Waals surface area contributed by atoms with Crippen LogP contribution in [0.1, 0.15) is 11.1 Å². The highest BCUT2D eigenvalue weighted by Crippen LogP contribution is 2.28. The highest BCUT2D eigenvalue weighted by Gasteiger charge is 2.28. The van der Waals surface area contributed by atoms with Crippen molar-refractivity contribution < 1.29 is 0 Å². The van der Waals surface area contributed by atoms with Crippen LogP contribution in [-0.4, -0.2) is 14.4 Å². The molecule has 0 aliphatic rings. The number of hydrogen-bond donors (Lipinski definition) is 0. The maximum atomic E-state index is 7.05.